The molecule has 0 bridgehead atoms. The molecule has 2 nitrogen and oxygen atoms in total. The molecule has 1 fully saturated rings. The summed E-state index contributed by atoms with van der Waals surface area (Å²) in [5.41, 5.74) is 0. The zero-order chi connectivity index (χ0) is 12.7. The van der Waals surface area contributed by atoms with E-state index in [0.29, 0.717) is 0 Å². The van der Waals surface area contributed by atoms with E-state index in [1.807, 2.05) is 0 Å². The topological polar surface area (TPSA) is 15.3 Å². The molecule has 1 N–H and O–H groups in total. The molecule has 2 heteroatoms. The molecule has 0 amide bonds. The first-order chi connectivity index (χ1) is 8.15. The molecule has 0 radical (unpaired) electrons. The lowest BCUT2D eigenvalue weighted by molar-refractivity contribution is 0.144. The summed E-state index contributed by atoms with van der Waals surface area (Å²) in [6, 6.07) is 1.51. The van der Waals surface area contributed by atoms with Crippen molar-refractivity contribution in [3.63, 3.8) is 0 Å². The van der Waals surface area contributed by atoms with Crippen LogP contribution in [0.5, 0.6) is 0 Å². The SMILES string of the molecule is CCCNC1CCCCC1N(C)CCC(C)C. The lowest BCUT2D eigenvalue weighted by atomic mass is 9.89. The third-order valence-corrected chi connectivity index (χ3v) is 4.01. The highest BCUT2D eigenvalue weighted by molar-refractivity contribution is 4.87. The molecular weight excluding hydrogens is 208 g/mol. The van der Waals surface area contributed by atoms with Crippen LogP contribution in [0.2, 0.25) is 0 Å². The largest absolute Gasteiger partial charge is 0.312 e. The van der Waals surface area contributed by atoms with Gasteiger partial charge in [0.1, 0.15) is 0 Å². The van der Waals surface area contributed by atoms with Gasteiger partial charge in [-0.25, -0.2) is 0 Å². The number of nitrogens with one attached hydrogen (secondary N) is 1. The van der Waals surface area contributed by atoms with Gasteiger partial charge < -0.3 is 10.2 Å². The first kappa shape index (κ1) is 15.0. The minimum absolute atomic E-state index is 0.737. The molecule has 1 saturated carbocycles. The van der Waals surface area contributed by atoms with Crippen molar-refractivity contribution < 1.29 is 0 Å². The van der Waals surface area contributed by atoms with Crippen LogP contribution in [-0.2, 0) is 0 Å². The zero-order valence-corrected chi connectivity index (χ0v) is 12.3. The van der Waals surface area contributed by atoms with Gasteiger partial charge in [0.05, 0.1) is 0 Å². The van der Waals surface area contributed by atoms with E-state index >= 15 is 0 Å². The Hall–Kier alpha value is -0.0800. The summed E-state index contributed by atoms with van der Waals surface area (Å²) in [5.74, 6) is 0.822. The Labute approximate surface area is 108 Å². The molecule has 1 rings (SSSR count). The number of rotatable bonds is 7. The van der Waals surface area contributed by atoms with E-state index in [-0.39, 0.29) is 0 Å². The van der Waals surface area contributed by atoms with Gasteiger partial charge in [-0.15, -0.1) is 0 Å². The normalized spacial score (nSPS) is 25.8. The maximum atomic E-state index is 3.75. The minimum Gasteiger partial charge on any atom is -0.312 e. The molecule has 0 aromatic rings. The lowest BCUT2D eigenvalue weighted by Crippen LogP contribution is -2.51. The molecule has 2 atom stereocenters. The van der Waals surface area contributed by atoms with Crippen LogP contribution in [0.3, 0.4) is 0 Å². The molecular formula is C15H32N2. The molecule has 0 heterocycles. The molecule has 2 unspecified atom stereocenters. The molecule has 0 aromatic carbocycles. The van der Waals surface area contributed by atoms with Crippen LogP contribution < -0.4 is 5.32 Å². The monoisotopic (exact) mass is 240 g/mol. The third-order valence-electron chi connectivity index (χ3n) is 4.01. The van der Waals surface area contributed by atoms with E-state index in [0.717, 1.165) is 18.0 Å². The number of nitrogens with zero attached hydrogens (tertiary/aromatic N) is 1. The van der Waals surface area contributed by atoms with Crippen molar-refractivity contribution >= 4 is 0 Å². The Kier molecular flexibility index (Phi) is 7.14. The fourth-order valence-corrected chi connectivity index (χ4v) is 2.83. The predicted octanol–water partition coefficient (Wildman–Crippen LogP) is 3.28. The van der Waals surface area contributed by atoms with Crippen molar-refractivity contribution in [3.05, 3.63) is 0 Å². The summed E-state index contributed by atoms with van der Waals surface area (Å²) in [5, 5.41) is 3.75. The average Bonchev–Trinajstić information content (AvgIpc) is 2.33. The number of likely N-dealkylation sites (N-methyl/N-ethyl adjacent to an activating group) is 1. The van der Waals surface area contributed by atoms with E-state index in [9.17, 15) is 0 Å². The molecule has 0 saturated heterocycles. The van der Waals surface area contributed by atoms with E-state index in [2.05, 4.69) is 38.0 Å². The average molecular weight is 240 g/mol. The van der Waals surface area contributed by atoms with Crippen LogP contribution >= 0.6 is 0 Å². The van der Waals surface area contributed by atoms with Crippen molar-refractivity contribution in [2.45, 2.75) is 71.4 Å². The van der Waals surface area contributed by atoms with E-state index in [4.69, 9.17) is 0 Å². The van der Waals surface area contributed by atoms with Gasteiger partial charge in [0.25, 0.3) is 0 Å². The van der Waals surface area contributed by atoms with E-state index < -0.39 is 0 Å². The van der Waals surface area contributed by atoms with E-state index in [1.165, 1.54) is 51.6 Å². The number of hydrogen-bond donors (Lipinski definition) is 1. The number of hydrogen-bond acceptors (Lipinski definition) is 2. The lowest BCUT2D eigenvalue weighted by Gasteiger charge is -2.39. The van der Waals surface area contributed by atoms with Gasteiger partial charge in [0.2, 0.25) is 0 Å². The van der Waals surface area contributed by atoms with Crippen LogP contribution in [0, 0.1) is 5.92 Å². The second kappa shape index (κ2) is 8.10. The first-order valence-electron chi connectivity index (χ1n) is 7.58. The fourth-order valence-electron chi connectivity index (χ4n) is 2.83. The molecule has 1 aliphatic carbocycles. The second-order valence-electron chi connectivity index (χ2n) is 6.08. The predicted molar refractivity (Wildman–Crippen MR) is 76.4 cm³/mol. The maximum Gasteiger partial charge on any atom is 0.0246 e. The summed E-state index contributed by atoms with van der Waals surface area (Å²) in [6.07, 6.45) is 8.16. The van der Waals surface area contributed by atoms with Crippen LogP contribution in [0.1, 0.15) is 59.3 Å². The summed E-state index contributed by atoms with van der Waals surface area (Å²) >= 11 is 0. The summed E-state index contributed by atoms with van der Waals surface area (Å²) in [7, 11) is 2.32. The highest BCUT2D eigenvalue weighted by atomic mass is 15.2. The van der Waals surface area contributed by atoms with Gasteiger partial charge in [-0.1, -0.05) is 33.6 Å². The Morgan fingerprint density at radius 2 is 1.94 bits per heavy atom. The van der Waals surface area contributed by atoms with Gasteiger partial charge in [0, 0.05) is 12.1 Å². The standard InChI is InChI=1S/C15H32N2/c1-5-11-16-14-8-6-7-9-15(14)17(4)12-10-13(2)3/h13-16H,5-12H2,1-4H3. The van der Waals surface area contributed by atoms with Gasteiger partial charge in [-0.05, 0) is 51.7 Å². The van der Waals surface area contributed by atoms with Gasteiger partial charge in [-0.3, -0.25) is 0 Å². The fraction of sp³-hybridized carbons (Fsp3) is 1.00. The minimum atomic E-state index is 0.737. The molecule has 17 heavy (non-hydrogen) atoms. The summed E-state index contributed by atoms with van der Waals surface area (Å²) in [6.45, 7) is 9.34. The first-order valence-corrected chi connectivity index (χ1v) is 7.58. The Balaban J connectivity index is 2.39. The molecule has 102 valence electrons. The van der Waals surface area contributed by atoms with Gasteiger partial charge in [-0.2, -0.15) is 0 Å². The van der Waals surface area contributed by atoms with Gasteiger partial charge >= 0.3 is 0 Å². The molecule has 0 aliphatic heterocycles. The maximum absolute atomic E-state index is 3.75. The Morgan fingerprint density at radius 1 is 1.24 bits per heavy atom. The summed E-state index contributed by atoms with van der Waals surface area (Å²) < 4.78 is 0. The van der Waals surface area contributed by atoms with Crippen LogP contribution in [0.15, 0.2) is 0 Å². The molecule has 0 aromatic heterocycles. The second-order valence-corrected chi connectivity index (χ2v) is 6.08. The van der Waals surface area contributed by atoms with Crippen LogP contribution in [0.4, 0.5) is 0 Å². The molecule has 1 aliphatic rings. The molecule has 0 spiro atoms. The Morgan fingerprint density at radius 3 is 2.59 bits per heavy atom. The van der Waals surface area contributed by atoms with Crippen molar-refractivity contribution in [1.82, 2.24) is 10.2 Å². The van der Waals surface area contributed by atoms with Crippen molar-refractivity contribution in [2.24, 2.45) is 5.92 Å². The van der Waals surface area contributed by atoms with Crippen LogP contribution in [0.25, 0.3) is 0 Å². The van der Waals surface area contributed by atoms with Crippen molar-refractivity contribution in [2.75, 3.05) is 20.1 Å². The third kappa shape index (κ3) is 5.39. The quantitative estimate of drug-likeness (QED) is 0.735. The van der Waals surface area contributed by atoms with E-state index in [1.54, 1.807) is 0 Å². The Bertz CT molecular complexity index is 191. The van der Waals surface area contributed by atoms with Crippen molar-refractivity contribution in [3.8, 4) is 0 Å². The van der Waals surface area contributed by atoms with Crippen LogP contribution in [-0.4, -0.2) is 37.1 Å². The van der Waals surface area contributed by atoms with Crippen molar-refractivity contribution in [1.29, 1.82) is 0 Å². The van der Waals surface area contributed by atoms with Gasteiger partial charge in [0.15, 0.2) is 0 Å². The highest BCUT2D eigenvalue weighted by Gasteiger charge is 2.27. The highest BCUT2D eigenvalue weighted by Crippen LogP contribution is 2.23. The summed E-state index contributed by atoms with van der Waals surface area (Å²) in [4.78, 5) is 2.60. The smallest absolute Gasteiger partial charge is 0.0246 e. The zero-order valence-electron chi connectivity index (χ0n) is 12.3.